The maximum absolute atomic E-state index is 12.3. The molecule has 0 saturated carbocycles. The molecule has 0 spiro atoms. The summed E-state index contributed by atoms with van der Waals surface area (Å²) >= 11 is 1.21. The highest BCUT2D eigenvalue weighted by Crippen LogP contribution is 2.20. The van der Waals surface area contributed by atoms with E-state index in [1.54, 1.807) is 4.57 Å². The Balaban J connectivity index is 1.36. The van der Waals surface area contributed by atoms with Gasteiger partial charge in [0.05, 0.1) is 23.4 Å². The first-order chi connectivity index (χ1) is 13.2. The number of fused-ring (bicyclic) bond motifs is 1. The predicted octanol–water partition coefficient (Wildman–Crippen LogP) is 2.93. The van der Waals surface area contributed by atoms with Gasteiger partial charge in [0.1, 0.15) is 0 Å². The van der Waals surface area contributed by atoms with Gasteiger partial charge in [-0.1, -0.05) is 23.5 Å². The van der Waals surface area contributed by atoms with Crippen molar-refractivity contribution in [2.45, 2.75) is 13.0 Å². The number of carbonyl (C=O) groups is 1. The first kappa shape index (κ1) is 17.8. The second-order valence-electron chi connectivity index (χ2n) is 6.43. The fourth-order valence-electron chi connectivity index (χ4n) is 3.24. The Morgan fingerprint density at radius 1 is 1.07 bits per heavy atom. The third kappa shape index (κ3) is 4.04. The molecule has 4 rings (SSSR count). The number of benzene rings is 2. The van der Waals surface area contributed by atoms with Crippen molar-refractivity contribution in [3.05, 3.63) is 58.2 Å². The van der Waals surface area contributed by atoms with Gasteiger partial charge < -0.3 is 15.0 Å². The number of nitrogens with zero attached hydrogens (tertiary/aromatic N) is 2. The van der Waals surface area contributed by atoms with Gasteiger partial charge in [0.15, 0.2) is 0 Å². The molecule has 1 aliphatic heterocycles. The van der Waals surface area contributed by atoms with Crippen LogP contribution in [0.5, 0.6) is 0 Å². The molecular weight excluding hydrogens is 362 g/mol. The number of amides is 1. The number of aryl methyl sites for hydroxylation is 1. The maximum atomic E-state index is 12.3. The van der Waals surface area contributed by atoms with E-state index < -0.39 is 0 Å². The van der Waals surface area contributed by atoms with Gasteiger partial charge in [-0.15, -0.1) is 0 Å². The number of hydrogen-bond donors (Lipinski definition) is 1. The summed E-state index contributed by atoms with van der Waals surface area (Å²) in [5.74, 6) is -0.101. The number of morpholine rings is 1. The molecule has 1 fully saturated rings. The van der Waals surface area contributed by atoms with E-state index in [9.17, 15) is 9.59 Å². The van der Waals surface area contributed by atoms with Crippen LogP contribution < -0.4 is 15.1 Å². The minimum absolute atomic E-state index is 0.0288. The summed E-state index contributed by atoms with van der Waals surface area (Å²) < 4.78 is 7.98. The highest BCUT2D eigenvalue weighted by Gasteiger charge is 2.12. The average Bonchev–Trinajstić information content (AvgIpc) is 3.03. The first-order valence-corrected chi connectivity index (χ1v) is 9.83. The van der Waals surface area contributed by atoms with Crippen LogP contribution in [0.4, 0.5) is 11.4 Å². The number of thiazole rings is 1. The third-order valence-electron chi connectivity index (χ3n) is 4.66. The lowest BCUT2D eigenvalue weighted by molar-refractivity contribution is -0.116. The molecule has 1 aliphatic rings. The van der Waals surface area contributed by atoms with E-state index in [2.05, 4.69) is 10.2 Å². The first-order valence-electron chi connectivity index (χ1n) is 9.02. The van der Waals surface area contributed by atoms with Crippen molar-refractivity contribution in [3.63, 3.8) is 0 Å². The summed E-state index contributed by atoms with van der Waals surface area (Å²) in [5, 5.41) is 2.91. The quantitative estimate of drug-likeness (QED) is 0.736. The van der Waals surface area contributed by atoms with Gasteiger partial charge >= 0.3 is 4.87 Å². The number of nitrogens with one attached hydrogen (secondary N) is 1. The van der Waals surface area contributed by atoms with Crippen LogP contribution in [0.1, 0.15) is 6.42 Å². The fourth-order valence-corrected chi connectivity index (χ4v) is 4.16. The van der Waals surface area contributed by atoms with E-state index in [1.165, 1.54) is 11.3 Å². The van der Waals surface area contributed by atoms with E-state index in [0.717, 1.165) is 47.9 Å². The van der Waals surface area contributed by atoms with Crippen molar-refractivity contribution in [3.8, 4) is 0 Å². The molecule has 2 aromatic carbocycles. The molecule has 140 valence electrons. The van der Waals surface area contributed by atoms with Gasteiger partial charge in [0, 0.05) is 37.4 Å². The number of anilines is 2. The molecule has 27 heavy (non-hydrogen) atoms. The minimum Gasteiger partial charge on any atom is -0.378 e. The number of para-hydroxylation sites is 1. The molecule has 6 nitrogen and oxygen atoms in total. The monoisotopic (exact) mass is 383 g/mol. The van der Waals surface area contributed by atoms with Crippen molar-refractivity contribution in [2.24, 2.45) is 0 Å². The molecule has 0 atom stereocenters. The van der Waals surface area contributed by atoms with Gasteiger partial charge in [-0.05, 0) is 36.4 Å². The SMILES string of the molecule is O=C(CCn1c(=O)sc2ccccc21)Nc1ccc(N2CCOCC2)cc1. The van der Waals surface area contributed by atoms with Gasteiger partial charge in [-0.25, -0.2) is 0 Å². The summed E-state index contributed by atoms with van der Waals surface area (Å²) in [6.07, 6.45) is 0.256. The van der Waals surface area contributed by atoms with E-state index in [0.29, 0.717) is 6.54 Å². The number of ether oxygens (including phenoxy) is 1. The smallest absolute Gasteiger partial charge is 0.308 e. The summed E-state index contributed by atoms with van der Waals surface area (Å²) in [7, 11) is 0. The summed E-state index contributed by atoms with van der Waals surface area (Å²) in [6.45, 7) is 3.63. The second kappa shape index (κ2) is 7.94. The van der Waals surface area contributed by atoms with Gasteiger partial charge in [-0.2, -0.15) is 0 Å². The number of rotatable bonds is 5. The molecule has 3 aromatic rings. The minimum atomic E-state index is -0.101. The van der Waals surface area contributed by atoms with Crippen LogP contribution in [-0.4, -0.2) is 36.8 Å². The molecular formula is C20H21N3O3S. The van der Waals surface area contributed by atoms with Crippen LogP contribution in [0.3, 0.4) is 0 Å². The van der Waals surface area contributed by atoms with Crippen molar-refractivity contribution < 1.29 is 9.53 Å². The van der Waals surface area contributed by atoms with Crippen molar-refractivity contribution in [1.82, 2.24) is 4.57 Å². The van der Waals surface area contributed by atoms with E-state index >= 15 is 0 Å². The third-order valence-corrected chi connectivity index (χ3v) is 5.62. The largest absolute Gasteiger partial charge is 0.378 e. The molecule has 0 radical (unpaired) electrons. The molecule has 1 saturated heterocycles. The van der Waals surface area contributed by atoms with Crippen molar-refractivity contribution in [2.75, 3.05) is 36.5 Å². The molecule has 0 aliphatic carbocycles. The Bertz CT molecular complexity index is 988. The predicted molar refractivity (Wildman–Crippen MR) is 109 cm³/mol. The van der Waals surface area contributed by atoms with Crippen LogP contribution in [0.15, 0.2) is 53.3 Å². The number of carbonyl (C=O) groups excluding carboxylic acids is 1. The summed E-state index contributed by atoms with van der Waals surface area (Å²) in [4.78, 5) is 26.7. The number of aromatic nitrogens is 1. The number of hydrogen-bond acceptors (Lipinski definition) is 5. The second-order valence-corrected chi connectivity index (χ2v) is 7.42. The van der Waals surface area contributed by atoms with Gasteiger partial charge in [-0.3, -0.25) is 14.2 Å². The standard InChI is InChI=1S/C20H21N3O3S/c24-19(9-10-23-17-3-1-2-4-18(17)27-20(23)25)21-15-5-7-16(8-6-15)22-11-13-26-14-12-22/h1-8H,9-14H2,(H,21,24). The zero-order valence-electron chi connectivity index (χ0n) is 14.9. The van der Waals surface area contributed by atoms with E-state index in [4.69, 9.17) is 4.74 Å². The van der Waals surface area contributed by atoms with Crippen molar-refractivity contribution >= 4 is 38.8 Å². The van der Waals surface area contributed by atoms with Gasteiger partial charge in [0.2, 0.25) is 5.91 Å². The Labute approximate surface area is 161 Å². The lowest BCUT2D eigenvalue weighted by atomic mass is 10.2. The lowest BCUT2D eigenvalue weighted by Gasteiger charge is -2.28. The topological polar surface area (TPSA) is 63.6 Å². The van der Waals surface area contributed by atoms with Crippen molar-refractivity contribution in [1.29, 1.82) is 0 Å². The summed E-state index contributed by atoms with van der Waals surface area (Å²) in [6, 6.07) is 15.5. The Kier molecular flexibility index (Phi) is 5.22. The molecule has 7 heteroatoms. The van der Waals surface area contributed by atoms with Crippen LogP contribution >= 0.6 is 11.3 Å². The fraction of sp³-hybridized carbons (Fsp3) is 0.300. The van der Waals surface area contributed by atoms with E-state index in [1.807, 2.05) is 48.5 Å². The summed E-state index contributed by atoms with van der Waals surface area (Å²) in [5.41, 5.74) is 2.78. The maximum Gasteiger partial charge on any atom is 0.308 e. The van der Waals surface area contributed by atoms with E-state index in [-0.39, 0.29) is 17.2 Å². The Morgan fingerprint density at radius 2 is 1.81 bits per heavy atom. The molecule has 2 heterocycles. The normalized spacial score (nSPS) is 14.4. The van der Waals surface area contributed by atoms with Crippen LogP contribution in [0.2, 0.25) is 0 Å². The van der Waals surface area contributed by atoms with Crippen LogP contribution in [0, 0.1) is 0 Å². The molecule has 0 unspecified atom stereocenters. The zero-order chi connectivity index (χ0) is 18.6. The van der Waals surface area contributed by atoms with Crippen LogP contribution in [-0.2, 0) is 16.1 Å². The lowest BCUT2D eigenvalue weighted by Crippen LogP contribution is -2.36. The zero-order valence-corrected chi connectivity index (χ0v) is 15.7. The average molecular weight is 383 g/mol. The molecule has 1 N–H and O–H groups in total. The highest BCUT2D eigenvalue weighted by atomic mass is 32.1. The highest BCUT2D eigenvalue weighted by molar-refractivity contribution is 7.16. The molecule has 1 amide bonds. The Hall–Kier alpha value is -2.64. The molecule has 1 aromatic heterocycles. The van der Waals surface area contributed by atoms with Gasteiger partial charge in [0.25, 0.3) is 0 Å². The van der Waals surface area contributed by atoms with Crippen LogP contribution in [0.25, 0.3) is 10.2 Å². The Morgan fingerprint density at radius 3 is 2.59 bits per heavy atom. The molecule has 0 bridgehead atoms.